The Hall–Kier alpha value is -3.66. The van der Waals surface area contributed by atoms with Crippen LogP contribution < -0.4 is 0 Å². The molecule has 0 saturated heterocycles. The van der Waals surface area contributed by atoms with E-state index in [0.717, 1.165) is 64.6 Å². The molecule has 0 saturated carbocycles. The van der Waals surface area contributed by atoms with Gasteiger partial charge in [-0.2, -0.15) is 0 Å². The molecule has 0 bridgehead atoms. The van der Waals surface area contributed by atoms with Crippen LogP contribution in [0.5, 0.6) is 0 Å². The molecule has 0 amide bonds. The van der Waals surface area contributed by atoms with Gasteiger partial charge in [-0.05, 0) is 68.2 Å². The van der Waals surface area contributed by atoms with Crippen molar-refractivity contribution >= 4 is 27.6 Å². The van der Waals surface area contributed by atoms with Gasteiger partial charge in [-0.15, -0.1) is 29.1 Å². The van der Waals surface area contributed by atoms with Gasteiger partial charge in [0.2, 0.25) is 0 Å². The average molecular weight is 820 g/mol. The molecule has 48 heavy (non-hydrogen) atoms. The van der Waals surface area contributed by atoms with E-state index in [9.17, 15) is 9.90 Å². The summed E-state index contributed by atoms with van der Waals surface area (Å²) in [6, 6.07) is 28.9. The van der Waals surface area contributed by atoms with Crippen LogP contribution in [0.2, 0.25) is 0 Å². The smallest absolute Gasteiger partial charge is 0.162 e. The van der Waals surface area contributed by atoms with Crippen molar-refractivity contribution < 1.29 is 30.0 Å². The number of ketones is 1. The number of allylic oxidation sites excluding steroid dienone is 2. The third-order valence-corrected chi connectivity index (χ3v) is 9.21. The molecule has 0 spiro atoms. The van der Waals surface area contributed by atoms with Crippen molar-refractivity contribution in [2.45, 2.75) is 93.4 Å². The van der Waals surface area contributed by atoms with Gasteiger partial charge in [0.15, 0.2) is 5.78 Å². The molecule has 1 aromatic heterocycles. The molecule has 0 aliphatic carbocycles. The van der Waals surface area contributed by atoms with E-state index < -0.39 is 0 Å². The topological polar surface area (TPSA) is 63.1 Å². The molecule has 0 fully saturated rings. The minimum atomic E-state index is -0.00747. The number of carbonyl (C=O) groups is 1. The molecule has 5 heteroatoms. The quantitative estimate of drug-likeness (QED) is 0.0914. The van der Waals surface area contributed by atoms with Crippen LogP contribution in [-0.4, -0.2) is 20.9 Å². The number of aliphatic hydroxyl groups is 1. The largest absolute Gasteiger partial charge is 0.512 e. The normalized spacial score (nSPS) is 11.9. The van der Waals surface area contributed by atoms with Gasteiger partial charge in [-0.3, -0.25) is 14.8 Å². The van der Waals surface area contributed by atoms with E-state index in [1.807, 2.05) is 52.0 Å². The van der Waals surface area contributed by atoms with Crippen LogP contribution in [0.15, 0.2) is 84.6 Å². The SMILES string of the molecule is CCC(CC)C(=O)/C=C(\O)C(CC)CC.Cc1cccc(C)c1-c1nc2ccccc2nc1-c1[c-]c2ccccc2c(C(C)(C)C)c1.[Ir]. The molecular formula is C43H51IrN2O2-. The Morgan fingerprint density at radius 3 is 1.83 bits per heavy atom. The molecule has 4 nitrogen and oxygen atoms in total. The molecule has 1 heterocycles. The zero-order valence-electron chi connectivity index (χ0n) is 30.1. The summed E-state index contributed by atoms with van der Waals surface area (Å²) >= 11 is 0. The minimum Gasteiger partial charge on any atom is -0.512 e. The maximum absolute atomic E-state index is 11.7. The Kier molecular flexibility index (Phi) is 13.8. The van der Waals surface area contributed by atoms with Gasteiger partial charge in [0, 0.05) is 49.3 Å². The first-order chi connectivity index (χ1) is 22.4. The number of carbonyl (C=O) groups excluding carboxylic acids is 1. The van der Waals surface area contributed by atoms with Gasteiger partial charge in [0.05, 0.1) is 22.5 Å². The molecule has 0 aliphatic rings. The molecule has 5 rings (SSSR count). The molecule has 255 valence electrons. The van der Waals surface area contributed by atoms with Gasteiger partial charge in [-0.1, -0.05) is 108 Å². The first-order valence-corrected chi connectivity index (χ1v) is 17.2. The number of aliphatic hydroxyl groups excluding tert-OH is 1. The average Bonchev–Trinajstić information content (AvgIpc) is 3.05. The number of benzene rings is 4. The third kappa shape index (κ3) is 8.87. The summed E-state index contributed by atoms with van der Waals surface area (Å²) in [4.78, 5) is 22.0. The number of aromatic nitrogens is 2. The number of rotatable bonds is 9. The van der Waals surface area contributed by atoms with E-state index in [2.05, 4.69) is 89.2 Å². The van der Waals surface area contributed by atoms with Crippen molar-refractivity contribution in [1.82, 2.24) is 9.97 Å². The number of hydrogen-bond acceptors (Lipinski definition) is 4. The van der Waals surface area contributed by atoms with Crippen molar-refractivity contribution in [2.75, 3.05) is 0 Å². The second kappa shape index (κ2) is 17.1. The summed E-state index contributed by atoms with van der Waals surface area (Å²) in [6.07, 6.45) is 4.91. The molecule has 4 aromatic carbocycles. The van der Waals surface area contributed by atoms with E-state index >= 15 is 0 Å². The van der Waals surface area contributed by atoms with Crippen LogP contribution in [0.3, 0.4) is 0 Å². The molecular weight excluding hydrogens is 769 g/mol. The summed E-state index contributed by atoms with van der Waals surface area (Å²) in [5.74, 6) is 0.547. The number of aryl methyl sites for hydroxylation is 2. The van der Waals surface area contributed by atoms with Crippen LogP contribution in [0.1, 0.15) is 90.8 Å². The Morgan fingerprint density at radius 1 is 0.771 bits per heavy atom. The van der Waals surface area contributed by atoms with Gasteiger partial charge >= 0.3 is 0 Å². The Labute approximate surface area is 301 Å². The summed E-state index contributed by atoms with van der Waals surface area (Å²) in [7, 11) is 0. The van der Waals surface area contributed by atoms with Crippen molar-refractivity contribution in [2.24, 2.45) is 11.8 Å². The van der Waals surface area contributed by atoms with Gasteiger partial charge < -0.3 is 5.11 Å². The fourth-order valence-corrected chi connectivity index (χ4v) is 6.31. The van der Waals surface area contributed by atoms with Gasteiger partial charge in [0.1, 0.15) is 0 Å². The molecule has 0 atom stereocenters. The third-order valence-electron chi connectivity index (χ3n) is 9.21. The van der Waals surface area contributed by atoms with Crippen LogP contribution in [0.4, 0.5) is 0 Å². The molecule has 0 unspecified atom stereocenters. The van der Waals surface area contributed by atoms with Crippen molar-refractivity contribution in [3.05, 3.63) is 107 Å². The van der Waals surface area contributed by atoms with Crippen molar-refractivity contribution in [3.8, 4) is 22.5 Å². The Balaban J connectivity index is 0.000000334. The summed E-state index contributed by atoms with van der Waals surface area (Å²) in [6.45, 7) is 19.1. The van der Waals surface area contributed by atoms with E-state index in [1.54, 1.807) is 0 Å². The van der Waals surface area contributed by atoms with Crippen LogP contribution in [0.25, 0.3) is 44.3 Å². The van der Waals surface area contributed by atoms with Crippen molar-refractivity contribution in [3.63, 3.8) is 0 Å². The van der Waals surface area contributed by atoms with E-state index in [0.29, 0.717) is 0 Å². The first kappa shape index (κ1) is 38.8. The van der Waals surface area contributed by atoms with E-state index in [-0.39, 0.29) is 48.9 Å². The van der Waals surface area contributed by atoms with Gasteiger partial charge in [0.25, 0.3) is 0 Å². The monoisotopic (exact) mass is 820 g/mol. The van der Waals surface area contributed by atoms with E-state index in [1.165, 1.54) is 28.2 Å². The standard InChI is InChI=1S/C30H27N2.C13H24O2.Ir/c1-19-11-10-12-20(2)27(19)29-28(31-25-15-8-9-16-26(25)32-29)22-17-21-13-6-7-14-23(21)24(18-22)30(3,4)5;1-5-10(6-2)12(14)9-13(15)11(7-3)8-4;/h6-16,18H,1-5H3;9-11,14H,5-8H2,1-4H3;/q-1;;/b;12-9-;. The summed E-state index contributed by atoms with van der Waals surface area (Å²) in [5.41, 5.74) is 9.45. The minimum absolute atomic E-state index is 0. The molecule has 1 N–H and O–H groups in total. The zero-order chi connectivity index (χ0) is 34.3. The second-order valence-corrected chi connectivity index (χ2v) is 13.6. The fraction of sp³-hybridized carbons (Fsp3) is 0.372. The van der Waals surface area contributed by atoms with E-state index in [4.69, 9.17) is 9.97 Å². The second-order valence-electron chi connectivity index (χ2n) is 13.6. The Morgan fingerprint density at radius 2 is 1.29 bits per heavy atom. The molecule has 0 aliphatic heterocycles. The first-order valence-electron chi connectivity index (χ1n) is 17.2. The van der Waals surface area contributed by atoms with Crippen molar-refractivity contribution in [1.29, 1.82) is 0 Å². The maximum Gasteiger partial charge on any atom is 0.162 e. The number of hydrogen-bond donors (Lipinski definition) is 1. The molecule has 5 aromatic rings. The fourth-order valence-electron chi connectivity index (χ4n) is 6.31. The van der Waals surface area contributed by atoms with Gasteiger partial charge in [-0.25, -0.2) is 0 Å². The zero-order valence-corrected chi connectivity index (χ0v) is 32.5. The predicted molar refractivity (Wildman–Crippen MR) is 199 cm³/mol. The Bertz CT molecular complexity index is 1860. The maximum atomic E-state index is 11.7. The predicted octanol–water partition coefficient (Wildman–Crippen LogP) is 11.7. The summed E-state index contributed by atoms with van der Waals surface area (Å²) < 4.78 is 0. The number of fused-ring (bicyclic) bond motifs is 2. The number of para-hydroxylation sites is 2. The number of nitrogens with zero attached hydrogens (tertiary/aromatic N) is 2. The van der Waals surface area contributed by atoms with Crippen LogP contribution in [-0.2, 0) is 30.3 Å². The summed E-state index contributed by atoms with van der Waals surface area (Å²) in [5, 5.41) is 12.1. The molecule has 1 radical (unpaired) electrons. The van der Waals surface area contributed by atoms with Crippen LogP contribution >= 0.6 is 0 Å². The van der Waals surface area contributed by atoms with Crippen LogP contribution in [0, 0.1) is 31.7 Å².